The number of pyridine rings is 1. The second-order valence-corrected chi connectivity index (χ2v) is 8.87. The van der Waals surface area contributed by atoms with Crippen molar-refractivity contribution in [3.05, 3.63) is 50.3 Å². The zero-order valence-corrected chi connectivity index (χ0v) is 19.2. The van der Waals surface area contributed by atoms with Crippen LogP contribution in [-0.4, -0.2) is 64.0 Å². The molecule has 8 heteroatoms. The van der Waals surface area contributed by atoms with Gasteiger partial charge < -0.3 is 19.7 Å². The van der Waals surface area contributed by atoms with Gasteiger partial charge in [0.15, 0.2) is 0 Å². The molecule has 0 radical (unpaired) electrons. The summed E-state index contributed by atoms with van der Waals surface area (Å²) in [5.41, 5.74) is 3.57. The van der Waals surface area contributed by atoms with Crippen LogP contribution in [0.25, 0.3) is 0 Å². The highest BCUT2D eigenvalue weighted by atomic mass is 16.2. The van der Waals surface area contributed by atoms with E-state index in [1.54, 1.807) is 11.9 Å². The second kappa shape index (κ2) is 8.42. The van der Waals surface area contributed by atoms with E-state index in [0.29, 0.717) is 25.4 Å². The fourth-order valence-electron chi connectivity index (χ4n) is 4.68. The van der Waals surface area contributed by atoms with Crippen molar-refractivity contribution >= 4 is 11.7 Å². The number of aromatic nitrogens is 3. The average molecular weight is 425 g/mol. The zero-order valence-electron chi connectivity index (χ0n) is 19.2. The minimum Gasteiger partial charge on any atom is -0.373 e. The van der Waals surface area contributed by atoms with Gasteiger partial charge in [-0.05, 0) is 64.9 Å². The Morgan fingerprint density at radius 2 is 1.84 bits per heavy atom. The number of rotatable bonds is 3. The summed E-state index contributed by atoms with van der Waals surface area (Å²) in [6.07, 6.45) is 2.76. The van der Waals surface area contributed by atoms with E-state index in [1.807, 2.05) is 27.0 Å². The van der Waals surface area contributed by atoms with Gasteiger partial charge in [0.25, 0.3) is 11.5 Å². The number of nitrogens with one attached hydrogen (secondary N) is 1. The van der Waals surface area contributed by atoms with Crippen molar-refractivity contribution in [3.8, 4) is 0 Å². The van der Waals surface area contributed by atoms with Gasteiger partial charge in [-0.25, -0.2) is 9.97 Å². The predicted octanol–water partition coefficient (Wildman–Crippen LogP) is 1.84. The Kier molecular flexibility index (Phi) is 5.83. The van der Waals surface area contributed by atoms with Crippen LogP contribution in [0.1, 0.15) is 57.5 Å². The number of piperidine rings is 1. The van der Waals surface area contributed by atoms with Gasteiger partial charge in [-0.3, -0.25) is 9.59 Å². The third-order valence-electron chi connectivity index (χ3n) is 6.77. The zero-order chi connectivity index (χ0) is 22.3. The Labute approximate surface area is 183 Å². The minimum absolute atomic E-state index is 0.214. The quantitative estimate of drug-likeness (QED) is 0.810. The monoisotopic (exact) mass is 424 g/mol. The molecule has 166 valence electrons. The number of carbonyl (C=O) groups is 1. The normalized spacial score (nSPS) is 17.5. The number of hydrogen-bond acceptors (Lipinski definition) is 6. The predicted molar refractivity (Wildman–Crippen MR) is 121 cm³/mol. The molecule has 0 saturated carbocycles. The molecule has 2 aliphatic rings. The first-order valence-corrected chi connectivity index (χ1v) is 11.0. The highest BCUT2D eigenvalue weighted by molar-refractivity contribution is 5.95. The van der Waals surface area contributed by atoms with Crippen LogP contribution in [0.3, 0.4) is 0 Å². The summed E-state index contributed by atoms with van der Waals surface area (Å²) in [5.74, 6) is 1.86. The SMILES string of the molecule is CNc1nc(C2CCN(C)CC2)nc2c1CCN(C(=O)c1c(C)cc(C)n(C)c1=O)C2. The summed E-state index contributed by atoms with van der Waals surface area (Å²) in [7, 11) is 5.74. The van der Waals surface area contributed by atoms with E-state index < -0.39 is 0 Å². The number of nitrogens with zero attached hydrogens (tertiary/aromatic N) is 5. The molecule has 2 aromatic rings. The van der Waals surface area contributed by atoms with Crippen LogP contribution < -0.4 is 10.9 Å². The van der Waals surface area contributed by atoms with E-state index >= 15 is 0 Å². The number of aryl methyl sites for hydroxylation is 2. The first-order chi connectivity index (χ1) is 14.8. The summed E-state index contributed by atoms with van der Waals surface area (Å²) in [4.78, 5) is 40.0. The molecular weight excluding hydrogens is 392 g/mol. The smallest absolute Gasteiger partial charge is 0.263 e. The summed E-state index contributed by atoms with van der Waals surface area (Å²) < 4.78 is 1.54. The fourth-order valence-corrected chi connectivity index (χ4v) is 4.68. The summed E-state index contributed by atoms with van der Waals surface area (Å²) in [6.45, 7) is 6.75. The topological polar surface area (TPSA) is 83.4 Å². The van der Waals surface area contributed by atoms with Crippen molar-refractivity contribution in [3.63, 3.8) is 0 Å². The number of anilines is 1. The molecule has 0 unspecified atom stereocenters. The molecule has 4 rings (SSSR count). The number of amides is 1. The van der Waals surface area contributed by atoms with Gasteiger partial charge in [0.2, 0.25) is 0 Å². The molecule has 4 heterocycles. The standard InChI is InChI=1S/C23H32N6O2/c1-14-12-15(2)28(5)22(30)19(14)23(31)29-11-8-17-18(13-29)25-20(26-21(17)24-3)16-6-9-27(4)10-7-16/h12,16H,6-11,13H2,1-5H3,(H,24,25,26). The fraction of sp³-hybridized carbons (Fsp3) is 0.565. The van der Waals surface area contributed by atoms with Gasteiger partial charge in [-0.1, -0.05) is 0 Å². The largest absolute Gasteiger partial charge is 0.373 e. The highest BCUT2D eigenvalue weighted by Gasteiger charge is 2.30. The molecule has 1 amide bonds. The molecule has 1 N–H and O–H groups in total. The Morgan fingerprint density at radius 3 is 2.52 bits per heavy atom. The van der Waals surface area contributed by atoms with E-state index in [2.05, 4.69) is 17.3 Å². The Bertz CT molecular complexity index is 1070. The molecule has 31 heavy (non-hydrogen) atoms. The molecule has 2 aromatic heterocycles. The Balaban J connectivity index is 1.65. The third kappa shape index (κ3) is 3.96. The molecule has 8 nitrogen and oxygen atoms in total. The van der Waals surface area contributed by atoms with Crippen LogP contribution in [0.2, 0.25) is 0 Å². The van der Waals surface area contributed by atoms with E-state index in [1.165, 1.54) is 4.57 Å². The number of fused-ring (bicyclic) bond motifs is 1. The first-order valence-electron chi connectivity index (χ1n) is 11.0. The van der Waals surface area contributed by atoms with E-state index in [0.717, 1.165) is 60.1 Å². The van der Waals surface area contributed by atoms with Crippen LogP contribution in [0, 0.1) is 13.8 Å². The average Bonchev–Trinajstić information content (AvgIpc) is 2.76. The Hall–Kier alpha value is -2.74. The van der Waals surface area contributed by atoms with E-state index in [9.17, 15) is 9.59 Å². The van der Waals surface area contributed by atoms with Gasteiger partial charge in [-0.15, -0.1) is 0 Å². The van der Waals surface area contributed by atoms with Crippen molar-refractivity contribution in [2.75, 3.05) is 39.0 Å². The number of carbonyl (C=O) groups excluding carboxylic acids is 1. The van der Waals surface area contributed by atoms with Crippen LogP contribution in [0.15, 0.2) is 10.9 Å². The maximum absolute atomic E-state index is 13.3. The minimum atomic E-state index is -0.237. The van der Waals surface area contributed by atoms with Crippen molar-refractivity contribution in [2.24, 2.45) is 7.05 Å². The van der Waals surface area contributed by atoms with Crippen LogP contribution in [0.5, 0.6) is 0 Å². The summed E-state index contributed by atoms with van der Waals surface area (Å²) in [6, 6.07) is 1.89. The van der Waals surface area contributed by atoms with Crippen molar-refractivity contribution in [2.45, 2.75) is 45.6 Å². The lowest BCUT2D eigenvalue weighted by Gasteiger charge is -2.32. The Morgan fingerprint density at radius 1 is 1.13 bits per heavy atom. The third-order valence-corrected chi connectivity index (χ3v) is 6.77. The lowest BCUT2D eigenvalue weighted by molar-refractivity contribution is 0.0728. The molecule has 2 aliphatic heterocycles. The van der Waals surface area contributed by atoms with Crippen LogP contribution in [0.4, 0.5) is 5.82 Å². The van der Waals surface area contributed by atoms with Crippen molar-refractivity contribution in [1.82, 2.24) is 24.3 Å². The highest BCUT2D eigenvalue weighted by Crippen LogP contribution is 2.30. The van der Waals surface area contributed by atoms with Crippen molar-refractivity contribution < 1.29 is 4.79 Å². The first kappa shape index (κ1) is 21.5. The van der Waals surface area contributed by atoms with E-state index in [4.69, 9.17) is 9.97 Å². The van der Waals surface area contributed by atoms with Crippen molar-refractivity contribution in [1.29, 1.82) is 0 Å². The lowest BCUT2D eigenvalue weighted by Crippen LogP contribution is -2.41. The molecular formula is C23H32N6O2. The molecule has 0 aromatic carbocycles. The van der Waals surface area contributed by atoms with Gasteiger partial charge in [0.1, 0.15) is 17.2 Å². The van der Waals surface area contributed by atoms with Gasteiger partial charge >= 0.3 is 0 Å². The summed E-state index contributed by atoms with van der Waals surface area (Å²) >= 11 is 0. The van der Waals surface area contributed by atoms with Gasteiger partial charge in [0.05, 0.1) is 12.2 Å². The molecule has 1 fully saturated rings. The van der Waals surface area contributed by atoms with Crippen LogP contribution >= 0.6 is 0 Å². The van der Waals surface area contributed by atoms with Gasteiger partial charge in [0, 0.05) is 37.8 Å². The van der Waals surface area contributed by atoms with Gasteiger partial charge in [-0.2, -0.15) is 0 Å². The molecule has 0 bridgehead atoms. The number of hydrogen-bond donors (Lipinski definition) is 1. The second-order valence-electron chi connectivity index (χ2n) is 8.87. The maximum Gasteiger partial charge on any atom is 0.263 e. The maximum atomic E-state index is 13.3. The molecule has 1 saturated heterocycles. The van der Waals surface area contributed by atoms with E-state index in [-0.39, 0.29) is 17.0 Å². The molecule has 0 aliphatic carbocycles. The number of likely N-dealkylation sites (tertiary alicyclic amines) is 1. The lowest BCUT2D eigenvalue weighted by atomic mass is 9.95. The van der Waals surface area contributed by atoms with Crippen LogP contribution in [-0.2, 0) is 20.0 Å². The summed E-state index contributed by atoms with van der Waals surface area (Å²) in [5, 5.41) is 3.23. The molecule has 0 atom stereocenters. The molecule has 0 spiro atoms.